The number of ether oxygens (including phenoxy) is 1. The summed E-state index contributed by atoms with van der Waals surface area (Å²) in [5.41, 5.74) is 1.33. The molecule has 104 valence electrons. The molecule has 0 spiro atoms. The lowest BCUT2D eigenvalue weighted by Gasteiger charge is -2.20. The van der Waals surface area contributed by atoms with Crippen molar-refractivity contribution in [3.05, 3.63) is 35.1 Å². The minimum Gasteiger partial charge on any atom is -0.384 e. The molecule has 0 aliphatic heterocycles. The summed E-state index contributed by atoms with van der Waals surface area (Å²) in [4.78, 5) is 2.21. The van der Waals surface area contributed by atoms with Crippen molar-refractivity contribution < 1.29 is 14.2 Å². The van der Waals surface area contributed by atoms with Gasteiger partial charge in [-0.25, -0.2) is 4.39 Å². The van der Waals surface area contributed by atoms with E-state index in [9.17, 15) is 4.39 Å². The van der Waals surface area contributed by atoms with E-state index in [4.69, 9.17) is 9.84 Å². The average molecular weight is 265 g/mol. The normalized spacial score (nSPS) is 10.4. The highest BCUT2D eigenvalue weighted by atomic mass is 19.1. The largest absolute Gasteiger partial charge is 0.384 e. The number of methoxy groups -OCH3 is 1. The van der Waals surface area contributed by atoms with E-state index >= 15 is 0 Å². The zero-order chi connectivity index (χ0) is 14.1. The Morgan fingerprint density at radius 1 is 1.42 bits per heavy atom. The van der Waals surface area contributed by atoms with Crippen LogP contribution >= 0.6 is 0 Å². The van der Waals surface area contributed by atoms with Gasteiger partial charge in [-0.2, -0.15) is 0 Å². The molecule has 0 unspecified atom stereocenters. The second-order valence-corrected chi connectivity index (χ2v) is 4.14. The molecule has 0 saturated heterocycles. The number of benzene rings is 1. The van der Waals surface area contributed by atoms with Crippen LogP contribution in [0.2, 0.25) is 0 Å². The fraction of sp³-hybridized carbons (Fsp3) is 0.467. The van der Waals surface area contributed by atoms with Crippen LogP contribution in [0.5, 0.6) is 0 Å². The van der Waals surface area contributed by atoms with Crippen molar-refractivity contribution in [3.8, 4) is 11.8 Å². The Balaban J connectivity index is 2.77. The minimum atomic E-state index is -0.357. The van der Waals surface area contributed by atoms with Crippen LogP contribution in [0, 0.1) is 17.7 Å². The lowest BCUT2D eigenvalue weighted by atomic mass is 10.1. The number of hydrogen-bond donors (Lipinski definition) is 1. The minimum absolute atomic E-state index is 0.265. The van der Waals surface area contributed by atoms with E-state index in [1.807, 2.05) is 0 Å². The van der Waals surface area contributed by atoms with Gasteiger partial charge in [0.1, 0.15) is 12.4 Å². The van der Waals surface area contributed by atoms with Crippen molar-refractivity contribution in [3.63, 3.8) is 0 Å². The van der Waals surface area contributed by atoms with Crippen LogP contribution in [0.3, 0.4) is 0 Å². The summed E-state index contributed by atoms with van der Waals surface area (Å²) in [5, 5.41) is 8.65. The fourth-order valence-corrected chi connectivity index (χ4v) is 1.73. The Kier molecular flexibility index (Phi) is 7.12. The van der Waals surface area contributed by atoms with Gasteiger partial charge in [0.15, 0.2) is 0 Å². The Bertz CT molecular complexity index is 451. The number of nitrogens with zero attached hydrogens (tertiary/aromatic N) is 1. The summed E-state index contributed by atoms with van der Waals surface area (Å²) in [6.07, 6.45) is 0. The van der Waals surface area contributed by atoms with E-state index in [1.165, 1.54) is 6.07 Å². The first-order chi connectivity index (χ1) is 9.21. The predicted octanol–water partition coefficient (Wildman–Crippen LogP) is 1.64. The zero-order valence-corrected chi connectivity index (χ0v) is 11.4. The number of aliphatic hydroxyl groups is 1. The van der Waals surface area contributed by atoms with E-state index in [0.29, 0.717) is 12.2 Å². The van der Waals surface area contributed by atoms with Crippen LogP contribution in [0.1, 0.15) is 18.1 Å². The number of halogens is 1. The standard InChI is InChI=1S/C15H20FNO2/c1-3-17(8-10-19-2)12-13-6-7-15(16)14(11-13)5-4-9-18/h6-7,11,18H,3,8-10,12H2,1-2H3. The molecule has 1 rings (SSSR count). The molecule has 0 bridgehead atoms. The highest BCUT2D eigenvalue weighted by molar-refractivity contribution is 5.38. The molecule has 0 saturated carbocycles. The molecule has 1 aromatic carbocycles. The van der Waals surface area contributed by atoms with E-state index in [2.05, 4.69) is 23.7 Å². The van der Waals surface area contributed by atoms with Gasteiger partial charge in [0, 0.05) is 20.2 Å². The van der Waals surface area contributed by atoms with Gasteiger partial charge in [-0.1, -0.05) is 24.8 Å². The van der Waals surface area contributed by atoms with Gasteiger partial charge in [-0.05, 0) is 24.2 Å². The molecule has 3 nitrogen and oxygen atoms in total. The van der Waals surface area contributed by atoms with E-state index in [0.717, 1.165) is 25.2 Å². The third-order valence-corrected chi connectivity index (χ3v) is 2.80. The van der Waals surface area contributed by atoms with Crippen LogP contribution in [-0.2, 0) is 11.3 Å². The summed E-state index contributed by atoms with van der Waals surface area (Å²) in [6, 6.07) is 4.91. The first-order valence-corrected chi connectivity index (χ1v) is 6.30. The maximum absolute atomic E-state index is 13.5. The molecule has 0 amide bonds. The average Bonchev–Trinajstić information content (AvgIpc) is 2.43. The summed E-state index contributed by atoms with van der Waals surface area (Å²) in [6.45, 7) is 4.95. The van der Waals surface area contributed by atoms with Gasteiger partial charge >= 0.3 is 0 Å². The molecule has 19 heavy (non-hydrogen) atoms. The predicted molar refractivity (Wildman–Crippen MR) is 73.2 cm³/mol. The van der Waals surface area contributed by atoms with E-state index in [1.54, 1.807) is 19.2 Å². The molecule has 4 heteroatoms. The van der Waals surface area contributed by atoms with E-state index in [-0.39, 0.29) is 12.4 Å². The Morgan fingerprint density at radius 2 is 2.21 bits per heavy atom. The molecular formula is C15H20FNO2. The summed E-state index contributed by atoms with van der Waals surface area (Å²) >= 11 is 0. The van der Waals surface area contributed by atoms with Crippen LogP contribution in [0.4, 0.5) is 4.39 Å². The number of hydrogen-bond acceptors (Lipinski definition) is 3. The van der Waals surface area contributed by atoms with Gasteiger partial charge in [0.05, 0.1) is 12.2 Å². The summed E-state index contributed by atoms with van der Waals surface area (Å²) < 4.78 is 18.6. The van der Waals surface area contributed by atoms with Crippen LogP contribution < -0.4 is 0 Å². The second kappa shape index (κ2) is 8.65. The van der Waals surface area contributed by atoms with Gasteiger partial charge in [-0.15, -0.1) is 0 Å². The van der Waals surface area contributed by atoms with Crippen molar-refractivity contribution in [1.29, 1.82) is 0 Å². The third-order valence-electron chi connectivity index (χ3n) is 2.80. The molecule has 0 fully saturated rings. The van der Waals surface area contributed by atoms with E-state index < -0.39 is 0 Å². The number of likely N-dealkylation sites (N-methyl/N-ethyl adjacent to an activating group) is 1. The molecule has 0 heterocycles. The summed E-state index contributed by atoms with van der Waals surface area (Å²) in [7, 11) is 1.67. The Morgan fingerprint density at radius 3 is 2.84 bits per heavy atom. The maximum Gasteiger partial charge on any atom is 0.138 e. The first-order valence-electron chi connectivity index (χ1n) is 6.30. The summed E-state index contributed by atoms with van der Waals surface area (Å²) in [5.74, 6) is 4.73. The molecule has 0 atom stereocenters. The lowest BCUT2D eigenvalue weighted by Crippen LogP contribution is -2.26. The topological polar surface area (TPSA) is 32.7 Å². The Hall–Kier alpha value is -1.41. The lowest BCUT2D eigenvalue weighted by molar-refractivity contribution is 0.147. The molecule has 1 aromatic rings. The number of rotatable bonds is 6. The van der Waals surface area contributed by atoms with Gasteiger partial charge in [0.25, 0.3) is 0 Å². The molecular weight excluding hydrogens is 245 g/mol. The van der Waals surface area contributed by atoms with Crippen molar-refractivity contribution in [1.82, 2.24) is 4.90 Å². The number of aliphatic hydroxyl groups excluding tert-OH is 1. The monoisotopic (exact) mass is 265 g/mol. The van der Waals surface area contributed by atoms with Gasteiger partial charge < -0.3 is 9.84 Å². The van der Waals surface area contributed by atoms with Crippen molar-refractivity contribution >= 4 is 0 Å². The maximum atomic E-state index is 13.5. The van der Waals surface area contributed by atoms with Crippen LogP contribution in [0.25, 0.3) is 0 Å². The molecule has 0 aliphatic carbocycles. The molecule has 1 N–H and O–H groups in total. The zero-order valence-electron chi connectivity index (χ0n) is 11.4. The van der Waals surface area contributed by atoms with Gasteiger partial charge in [-0.3, -0.25) is 4.90 Å². The molecule has 0 aromatic heterocycles. The van der Waals surface area contributed by atoms with Gasteiger partial charge in [0.2, 0.25) is 0 Å². The van der Waals surface area contributed by atoms with Crippen molar-refractivity contribution in [2.45, 2.75) is 13.5 Å². The van der Waals surface area contributed by atoms with Crippen molar-refractivity contribution in [2.24, 2.45) is 0 Å². The second-order valence-electron chi connectivity index (χ2n) is 4.14. The smallest absolute Gasteiger partial charge is 0.138 e. The Labute approximate surface area is 114 Å². The highest BCUT2D eigenvalue weighted by Gasteiger charge is 2.06. The van der Waals surface area contributed by atoms with Crippen molar-refractivity contribution in [2.75, 3.05) is 33.4 Å². The first kappa shape index (κ1) is 15.6. The highest BCUT2D eigenvalue weighted by Crippen LogP contribution is 2.11. The quantitative estimate of drug-likeness (QED) is 0.794. The molecule has 0 aliphatic rings. The fourth-order valence-electron chi connectivity index (χ4n) is 1.73. The third kappa shape index (κ3) is 5.39. The van der Waals surface area contributed by atoms with Crippen LogP contribution in [0.15, 0.2) is 18.2 Å². The SMILES string of the molecule is CCN(CCOC)Cc1ccc(F)c(C#CCO)c1. The molecule has 0 radical (unpaired) electrons. The van der Waals surface area contributed by atoms with Crippen LogP contribution in [-0.4, -0.2) is 43.4 Å².